The van der Waals surface area contributed by atoms with Crippen molar-refractivity contribution in [3.63, 3.8) is 0 Å². The zero-order chi connectivity index (χ0) is 18.0. The number of benzene rings is 3. The van der Waals surface area contributed by atoms with Gasteiger partial charge in [0.2, 0.25) is 0 Å². The smallest absolute Gasteiger partial charge is 0.126 e. The van der Waals surface area contributed by atoms with E-state index >= 15 is 0 Å². The molecule has 5 heteroatoms. The second kappa shape index (κ2) is 5.27. The molecule has 132 valence electrons. The van der Waals surface area contributed by atoms with Gasteiger partial charge in [0.05, 0.1) is 23.0 Å². The molecule has 0 aromatic heterocycles. The van der Waals surface area contributed by atoms with Crippen molar-refractivity contribution < 1.29 is 0 Å². The molecule has 0 radical (unpaired) electrons. The van der Waals surface area contributed by atoms with E-state index in [0.717, 1.165) is 29.3 Å². The van der Waals surface area contributed by atoms with E-state index < -0.39 is 0 Å². The zero-order valence-electron chi connectivity index (χ0n) is 14.5. The average molecular weight is 373 g/mol. The van der Waals surface area contributed by atoms with Crippen LogP contribution in [0.2, 0.25) is 5.02 Å². The predicted octanol–water partition coefficient (Wildman–Crippen LogP) is 5.37. The fourth-order valence-corrected chi connectivity index (χ4v) is 4.76. The summed E-state index contributed by atoms with van der Waals surface area (Å²) in [6, 6.07) is 22.8. The summed E-state index contributed by atoms with van der Waals surface area (Å²) < 4.78 is 0. The summed E-state index contributed by atoms with van der Waals surface area (Å²) in [5.41, 5.74) is 6.32. The van der Waals surface area contributed by atoms with Crippen LogP contribution in [0.4, 0.5) is 22.7 Å². The van der Waals surface area contributed by atoms with Gasteiger partial charge in [0.15, 0.2) is 0 Å². The number of para-hydroxylation sites is 2. The third-order valence-corrected chi connectivity index (χ3v) is 5.94. The molecular formula is C22H17ClN4. The molecule has 3 aliphatic rings. The van der Waals surface area contributed by atoms with Crippen LogP contribution in [0.1, 0.15) is 17.0 Å². The lowest BCUT2D eigenvalue weighted by Crippen LogP contribution is -2.51. The van der Waals surface area contributed by atoms with Crippen molar-refractivity contribution in [1.29, 1.82) is 0 Å². The van der Waals surface area contributed by atoms with Crippen LogP contribution in [0.3, 0.4) is 0 Å². The van der Waals surface area contributed by atoms with Crippen molar-refractivity contribution in [3.05, 3.63) is 82.9 Å². The maximum absolute atomic E-state index is 6.26. The Hall–Kier alpha value is -2.98. The van der Waals surface area contributed by atoms with Crippen LogP contribution in [0, 0.1) is 0 Å². The Morgan fingerprint density at radius 3 is 2.63 bits per heavy atom. The molecule has 2 unspecified atom stereocenters. The Morgan fingerprint density at radius 1 is 0.889 bits per heavy atom. The normalized spacial score (nSPS) is 23.7. The van der Waals surface area contributed by atoms with E-state index in [-0.39, 0.29) is 11.6 Å². The molecule has 0 bridgehead atoms. The van der Waals surface area contributed by atoms with Crippen LogP contribution in [0.15, 0.2) is 71.7 Å². The van der Waals surface area contributed by atoms with Crippen LogP contribution in [-0.4, -0.2) is 11.5 Å². The highest BCUT2D eigenvalue weighted by Crippen LogP contribution is 2.50. The van der Waals surface area contributed by atoms with Crippen LogP contribution < -0.4 is 16.0 Å². The third-order valence-electron chi connectivity index (χ3n) is 5.70. The van der Waals surface area contributed by atoms with Crippen LogP contribution in [0.5, 0.6) is 0 Å². The highest BCUT2D eigenvalue weighted by Gasteiger charge is 2.51. The van der Waals surface area contributed by atoms with Crippen molar-refractivity contribution in [3.8, 4) is 0 Å². The topological polar surface area (TPSA) is 48.5 Å². The van der Waals surface area contributed by atoms with Gasteiger partial charge < -0.3 is 16.0 Å². The Kier molecular flexibility index (Phi) is 2.95. The lowest BCUT2D eigenvalue weighted by molar-refractivity contribution is 0.521. The molecule has 27 heavy (non-hydrogen) atoms. The zero-order valence-corrected chi connectivity index (χ0v) is 15.2. The van der Waals surface area contributed by atoms with E-state index in [1.807, 2.05) is 24.3 Å². The van der Waals surface area contributed by atoms with Gasteiger partial charge in [-0.15, -0.1) is 0 Å². The number of rotatable bonds is 0. The van der Waals surface area contributed by atoms with Gasteiger partial charge in [-0.3, -0.25) is 0 Å². The lowest BCUT2D eigenvalue weighted by Gasteiger charge is -2.37. The first-order chi connectivity index (χ1) is 13.2. The molecule has 4 nitrogen and oxygen atoms in total. The van der Waals surface area contributed by atoms with Crippen molar-refractivity contribution >= 4 is 40.2 Å². The Balaban J connectivity index is 1.57. The molecule has 3 aromatic rings. The van der Waals surface area contributed by atoms with Gasteiger partial charge in [0, 0.05) is 17.1 Å². The molecule has 3 heterocycles. The molecule has 3 N–H and O–H groups in total. The molecule has 0 amide bonds. The van der Waals surface area contributed by atoms with Gasteiger partial charge in [0.1, 0.15) is 11.5 Å². The van der Waals surface area contributed by atoms with Gasteiger partial charge in [-0.25, -0.2) is 4.99 Å². The molecule has 0 aliphatic carbocycles. The van der Waals surface area contributed by atoms with Gasteiger partial charge in [-0.05, 0) is 41.5 Å². The highest BCUT2D eigenvalue weighted by molar-refractivity contribution is 6.31. The number of nitrogens with zero attached hydrogens (tertiary/aromatic N) is 1. The van der Waals surface area contributed by atoms with Crippen molar-refractivity contribution in [2.24, 2.45) is 4.99 Å². The monoisotopic (exact) mass is 372 g/mol. The number of halogens is 1. The first-order valence-corrected chi connectivity index (χ1v) is 9.48. The number of amidine groups is 1. The van der Waals surface area contributed by atoms with Crippen molar-refractivity contribution in [1.82, 2.24) is 0 Å². The van der Waals surface area contributed by atoms with Crippen LogP contribution >= 0.6 is 11.6 Å². The van der Waals surface area contributed by atoms with Gasteiger partial charge in [-0.1, -0.05) is 48.0 Å². The molecule has 0 fully saturated rings. The molecule has 3 aliphatic heterocycles. The standard InChI is InChI=1S/C22H17ClN4/c23-14-9-10-18-19(11-14)25-21-20(15-6-2-4-8-17(15)24-21)22(27-18)12-13-5-1-3-7-16(13)26-22/h1-11,20,26-27H,12H2,(H,24,25). The third kappa shape index (κ3) is 2.14. The second-order valence-corrected chi connectivity index (χ2v) is 7.80. The number of fused-ring (bicyclic) bond motifs is 6. The highest BCUT2D eigenvalue weighted by atomic mass is 35.5. The molecule has 0 saturated heterocycles. The van der Waals surface area contributed by atoms with E-state index in [1.54, 1.807) is 0 Å². The van der Waals surface area contributed by atoms with Crippen LogP contribution in [0.25, 0.3) is 0 Å². The summed E-state index contributed by atoms with van der Waals surface area (Å²) in [7, 11) is 0. The average Bonchev–Trinajstić information content (AvgIpc) is 3.18. The number of anilines is 3. The van der Waals surface area contributed by atoms with E-state index in [2.05, 4.69) is 58.4 Å². The first-order valence-electron chi connectivity index (χ1n) is 9.10. The fourth-order valence-electron chi connectivity index (χ4n) is 4.58. The fraction of sp³-hybridized carbons (Fsp3) is 0.136. The molecule has 2 atom stereocenters. The lowest BCUT2D eigenvalue weighted by atomic mass is 9.83. The largest absolute Gasteiger partial charge is 0.361 e. The molecule has 3 aromatic carbocycles. The summed E-state index contributed by atoms with van der Waals surface area (Å²) in [4.78, 5) is 4.93. The number of hydrogen-bond acceptors (Lipinski definition) is 4. The van der Waals surface area contributed by atoms with Crippen molar-refractivity contribution in [2.75, 3.05) is 16.0 Å². The van der Waals surface area contributed by atoms with Crippen LogP contribution in [-0.2, 0) is 6.42 Å². The van der Waals surface area contributed by atoms with E-state index in [1.165, 1.54) is 16.8 Å². The number of nitrogens with one attached hydrogen (secondary N) is 3. The SMILES string of the molecule is Clc1ccc2c(c1)NC1=Nc3ccccc3C1C1(Cc3ccccc3N1)N2. The van der Waals surface area contributed by atoms with Crippen molar-refractivity contribution in [2.45, 2.75) is 18.0 Å². The maximum atomic E-state index is 6.26. The summed E-state index contributed by atoms with van der Waals surface area (Å²) in [6.07, 6.45) is 0.866. The van der Waals surface area contributed by atoms with Gasteiger partial charge in [-0.2, -0.15) is 0 Å². The Labute approximate surface area is 162 Å². The molecule has 6 rings (SSSR count). The van der Waals surface area contributed by atoms with E-state index in [4.69, 9.17) is 16.6 Å². The number of aliphatic imine (C=N–C) groups is 1. The Bertz CT molecular complexity index is 1100. The summed E-state index contributed by atoms with van der Waals surface area (Å²) in [6.45, 7) is 0. The minimum Gasteiger partial charge on any atom is -0.361 e. The molecule has 1 spiro atoms. The predicted molar refractivity (Wildman–Crippen MR) is 111 cm³/mol. The number of hydrogen-bond donors (Lipinski definition) is 3. The van der Waals surface area contributed by atoms with Gasteiger partial charge in [0.25, 0.3) is 0 Å². The summed E-state index contributed by atoms with van der Waals surface area (Å²) in [5.74, 6) is 1.01. The second-order valence-electron chi connectivity index (χ2n) is 7.36. The first kappa shape index (κ1) is 15.1. The summed E-state index contributed by atoms with van der Waals surface area (Å²) >= 11 is 6.26. The quantitative estimate of drug-likeness (QED) is 0.497. The maximum Gasteiger partial charge on any atom is 0.126 e. The Morgan fingerprint density at radius 2 is 1.70 bits per heavy atom. The molecule has 0 saturated carbocycles. The van der Waals surface area contributed by atoms with E-state index in [0.29, 0.717) is 5.02 Å². The summed E-state index contributed by atoms with van der Waals surface area (Å²) in [5, 5.41) is 11.9. The van der Waals surface area contributed by atoms with E-state index in [9.17, 15) is 0 Å². The van der Waals surface area contributed by atoms with Gasteiger partial charge >= 0.3 is 0 Å². The minimum atomic E-state index is -0.388. The molecular weight excluding hydrogens is 356 g/mol. The minimum absolute atomic E-state index is 0.0623.